The molecule has 0 aliphatic heterocycles. The van der Waals surface area contributed by atoms with E-state index in [9.17, 15) is 0 Å². The highest BCUT2D eigenvalue weighted by Crippen LogP contribution is 2.40. The van der Waals surface area contributed by atoms with Crippen LogP contribution in [0.1, 0.15) is 30.1 Å². The predicted octanol–water partition coefficient (Wildman–Crippen LogP) is 3.43. The second-order valence-electron chi connectivity index (χ2n) is 4.41. The molecule has 1 aliphatic carbocycles. The zero-order valence-corrected chi connectivity index (χ0v) is 10.8. The standard InChI is InChI=1S/C13H15N3S/c1-8-11(10-4-3-7-17-10)15-13(9-5-6-9)16-12(8)14-2/h3-4,7,9H,5-6H2,1-2H3,(H,14,15,16). The van der Waals surface area contributed by atoms with Gasteiger partial charge in [0.2, 0.25) is 0 Å². The van der Waals surface area contributed by atoms with Gasteiger partial charge in [0.25, 0.3) is 0 Å². The SMILES string of the molecule is CNc1nc(C2CC2)nc(-c2cccs2)c1C. The van der Waals surface area contributed by atoms with Gasteiger partial charge in [0.15, 0.2) is 0 Å². The fourth-order valence-corrected chi connectivity index (χ4v) is 2.73. The maximum atomic E-state index is 4.74. The zero-order chi connectivity index (χ0) is 11.8. The molecule has 0 bridgehead atoms. The van der Waals surface area contributed by atoms with Crippen LogP contribution in [0, 0.1) is 6.92 Å². The summed E-state index contributed by atoms with van der Waals surface area (Å²) >= 11 is 1.73. The van der Waals surface area contributed by atoms with Crippen LogP contribution in [-0.4, -0.2) is 17.0 Å². The van der Waals surface area contributed by atoms with Crippen molar-refractivity contribution in [2.45, 2.75) is 25.7 Å². The lowest BCUT2D eigenvalue weighted by atomic mass is 10.2. The van der Waals surface area contributed by atoms with Crippen molar-refractivity contribution in [3.63, 3.8) is 0 Å². The minimum atomic E-state index is 0.585. The Morgan fingerprint density at radius 1 is 1.35 bits per heavy atom. The Bertz CT molecular complexity index is 530. The molecule has 3 rings (SSSR count). The van der Waals surface area contributed by atoms with Gasteiger partial charge in [-0.3, -0.25) is 0 Å². The summed E-state index contributed by atoms with van der Waals surface area (Å²) in [5, 5.41) is 5.26. The number of rotatable bonds is 3. The lowest BCUT2D eigenvalue weighted by molar-refractivity contribution is 0.925. The summed E-state index contributed by atoms with van der Waals surface area (Å²) < 4.78 is 0. The van der Waals surface area contributed by atoms with Gasteiger partial charge >= 0.3 is 0 Å². The van der Waals surface area contributed by atoms with Crippen LogP contribution in [0.2, 0.25) is 0 Å². The van der Waals surface area contributed by atoms with Crippen molar-refractivity contribution in [1.29, 1.82) is 0 Å². The van der Waals surface area contributed by atoms with Crippen LogP contribution in [0.25, 0.3) is 10.6 Å². The molecule has 1 aliphatic rings. The molecule has 0 aromatic carbocycles. The highest BCUT2D eigenvalue weighted by Gasteiger charge is 2.28. The molecule has 2 heterocycles. The summed E-state index contributed by atoms with van der Waals surface area (Å²) in [6, 6.07) is 4.19. The first-order chi connectivity index (χ1) is 8.29. The van der Waals surface area contributed by atoms with E-state index in [1.165, 1.54) is 17.7 Å². The molecule has 0 amide bonds. The van der Waals surface area contributed by atoms with Crippen LogP contribution in [-0.2, 0) is 0 Å². The molecular weight excluding hydrogens is 230 g/mol. The highest BCUT2D eigenvalue weighted by atomic mass is 32.1. The molecule has 4 heteroatoms. The third-order valence-corrected chi connectivity index (χ3v) is 3.97. The van der Waals surface area contributed by atoms with Gasteiger partial charge in [0.1, 0.15) is 11.6 Å². The van der Waals surface area contributed by atoms with Gasteiger partial charge in [-0.1, -0.05) is 6.07 Å². The van der Waals surface area contributed by atoms with Crippen molar-refractivity contribution in [3.8, 4) is 10.6 Å². The predicted molar refractivity (Wildman–Crippen MR) is 71.6 cm³/mol. The van der Waals surface area contributed by atoms with Gasteiger partial charge in [-0.2, -0.15) is 0 Å². The van der Waals surface area contributed by atoms with Crippen LogP contribution in [0.5, 0.6) is 0 Å². The number of thiophene rings is 1. The fraction of sp³-hybridized carbons (Fsp3) is 0.385. The van der Waals surface area contributed by atoms with E-state index in [0.717, 1.165) is 22.9 Å². The summed E-state index contributed by atoms with van der Waals surface area (Å²) in [5.74, 6) is 2.55. The van der Waals surface area contributed by atoms with E-state index in [2.05, 4.69) is 34.7 Å². The molecule has 2 aromatic heterocycles. The van der Waals surface area contributed by atoms with Crippen LogP contribution in [0.4, 0.5) is 5.82 Å². The van der Waals surface area contributed by atoms with Crippen LogP contribution < -0.4 is 5.32 Å². The molecule has 17 heavy (non-hydrogen) atoms. The Morgan fingerprint density at radius 3 is 2.76 bits per heavy atom. The Hall–Kier alpha value is -1.42. The largest absolute Gasteiger partial charge is 0.373 e. The van der Waals surface area contributed by atoms with E-state index in [4.69, 9.17) is 4.98 Å². The Kier molecular flexibility index (Phi) is 2.59. The Labute approximate surface area is 105 Å². The smallest absolute Gasteiger partial charge is 0.134 e. The minimum absolute atomic E-state index is 0.585. The molecule has 1 saturated carbocycles. The molecule has 2 aromatic rings. The second kappa shape index (κ2) is 4.11. The van der Waals surface area contributed by atoms with E-state index in [1.54, 1.807) is 11.3 Å². The van der Waals surface area contributed by atoms with Crippen molar-refractivity contribution in [2.24, 2.45) is 0 Å². The third kappa shape index (κ3) is 1.93. The van der Waals surface area contributed by atoms with Crippen LogP contribution in [0.15, 0.2) is 17.5 Å². The summed E-state index contributed by atoms with van der Waals surface area (Å²) in [6.45, 7) is 2.08. The Morgan fingerprint density at radius 2 is 2.18 bits per heavy atom. The fourth-order valence-electron chi connectivity index (χ4n) is 1.95. The number of hydrogen-bond donors (Lipinski definition) is 1. The van der Waals surface area contributed by atoms with Gasteiger partial charge < -0.3 is 5.32 Å². The number of nitrogens with one attached hydrogen (secondary N) is 1. The summed E-state index contributed by atoms with van der Waals surface area (Å²) in [6.07, 6.45) is 2.46. The maximum Gasteiger partial charge on any atom is 0.134 e. The minimum Gasteiger partial charge on any atom is -0.373 e. The van der Waals surface area contributed by atoms with Gasteiger partial charge in [-0.25, -0.2) is 9.97 Å². The summed E-state index contributed by atoms with van der Waals surface area (Å²) in [7, 11) is 1.92. The molecule has 0 spiro atoms. The topological polar surface area (TPSA) is 37.8 Å². The number of nitrogens with zero attached hydrogens (tertiary/aromatic N) is 2. The Balaban J connectivity index is 2.15. The van der Waals surface area contributed by atoms with E-state index < -0.39 is 0 Å². The zero-order valence-electron chi connectivity index (χ0n) is 10.0. The number of hydrogen-bond acceptors (Lipinski definition) is 4. The molecule has 0 radical (unpaired) electrons. The van der Waals surface area contributed by atoms with E-state index >= 15 is 0 Å². The first kappa shape index (κ1) is 10.7. The van der Waals surface area contributed by atoms with Crippen molar-refractivity contribution < 1.29 is 0 Å². The molecule has 88 valence electrons. The maximum absolute atomic E-state index is 4.74. The molecule has 1 N–H and O–H groups in total. The van der Waals surface area contributed by atoms with Gasteiger partial charge in [0.05, 0.1) is 10.6 Å². The van der Waals surface area contributed by atoms with Crippen LogP contribution in [0.3, 0.4) is 0 Å². The molecule has 0 saturated heterocycles. The van der Waals surface area contributed by atoms with Crippen molar-refractivity contribution in [1.82, 2.24) is 9.97 Å². The average Bonchev–Trinajstić information content (AvgIpc) is 3.05. The van der Waals surface area contributed by atoms with E-state index in [1.807, 2.05) is 7.05 Å². The molecule has 1 fully saturated rings. The number of anilines is 1. The third-order valence-electron chi connectivity index (χ3n) is 3.10. The van der Waals surface area contributed by atoms with E-state index in [-0.39, 0.29) is 0 Å². The van der Waals surface area contributed by atoms with Gasteiger partial charge in [0, 0.05) is 18.5 Å². The monoisotopic (exact) mass is 245 g/mol. The van der Waals surface area contributed by atoms with Gasteiger partial charge in [-0.15, -0.1) is 11.3 Å². The summed E-state index contributed by atoms with van der Waals surface area (Å²) in [5.41, 5.74) is 2.22. The van der Waals surface area contributed by atoms with E-state index in [0.29, 0.717) is 5.92 Å². The summed E-state index contributed by atoms with van der Waals surface area (Å²) in [4.78, 5) is 10.6. The van der Waals surface area contributed by atoms with Crippen LogP contribution >= 0.6 is 11.3 Å². The average molecular weight is 245 g/mol. The second-order valence-corrected chi connectivity index (χ2v) is 5.35. The molecule has 0 atom stereocenters. The number of aromatic nitrogens is 2. The lowest BCUT2D eigenvalue weighted by Crippen LogP contribution is -2.04. The molecular formula is C13H15N3S. The normalized spacial score (nSPS) is 14.9. The van der Waals surface area contributed by atoms with Crippen molar-refractivity contribution in [3.05, 3.63) is 28.9 Å². The van der Waals surface area contributed by atoms with Crippen molar-refractivity contribution >= 4 is 17.2 Å². The quantitative estimate of drug-likeness (QED) is 0.900. The first-order valence-electron chi connectivity index (χ1n) is 5.89. The molecule has 0 unspecified atom stereocenters. The highest BCUT2D eigenvalue weighted by molar-refractivity contribution is 7.13. The van der Waals surface area contributed by atoms with Crippen molar-refractivity contribution in [2.75, 3.05) is 12.4 Å². The van der Waals surface area contributed by atoms with Gasteiger partial charge in [-0.05, 0) is 31.2 Å². The lowest BCUT2D eigenvalue weighted by Gasteiger charge is -2.10. The first-order valence-corrected chi connectivity index (χ1v) is 6.77. The molecule has 3 nitrogen and oxygen atoms in total.